The number of aromatic nitrogens is 1. The van der Waals surface area contributed by atoms with Gasteiger partial charge in [-0.05, 0) is 25.5 Å². The number of furan rings is 1. The molecule has 0 radical (unpaired) electrons. The molecule has 0 saturated heterocycles. The van der Waals surface area contributed by atoms with E-state index in [9.17, 15) is 9.59 Å². The Balaban J connectivity index is 1.98. The van der Waals surface area contributed by atoms with Gasteiger partial charge in [0.25, 0.3) is 5.91 Å². The molecule has 0 fully saturated rings. The van der Waals surface area contributed by atoms with Gasteiger partial charge in [0.1, 0.15) is 11.5 Å². The number of aryl methyl sites for hydroxylation is 1. The standard InChI is InChI=1S/C15H18N2O4S/c1-3-4-10(15(19)20)7-16-13(18)11-8-22-14(17-11)12-6-5-9(2)21-12/h5-6,8,10H,3-4,7H2,1-2H3,(H,16,18)(H,19,20). The van der Waals surface area contributed by atoms with Crippen molar-refractivity contribution >= 4 is 23.2 Å². The van der Waals surface area contributed by atoms with Crippen molar-refractivity contribution in [2.75, 3.05) is 6.54 Å². The predicted molar refractivity (Wildman–Crippen MR) is 82.9 cm³/mol. The lowest BCUT2D eigenvalue weighted by molar-refractivity contribution is -0.141. The third-order valence-electron chi connectivity index (χ3n) is 3.18. The number of hydrogen-bond donors (Lipinski definition) is 2. The average molecular weight is 322 g/mol. The molecule has 0 bridgehead atoms. The van der Waals surface area contributed by atoms with Gasteiger partial charge >= 0.3 is 5.97 Å². The van der Waals surface area contributed by atoms with Crippen LogP contribution in [0.1, 0.15) is 36.0 Å². The summed E-state index contributed by atoms with van der Waals surface area (Å²) in [5.41, 5.74) is 0.273. The molecule has 0 spiro atoms. The highest BCUT2D eigenvalue weighted by Gasteiger charge is 2.19. The fourth-order valence-corrected chi connectivity index (χ4v) is 2.77. The van der Waals surface area contributed by atoms with Crippen LogP contribution in [0.15, 0.2) is 21.9 Å². The zero-order chi connectivity index (χ0) is 16.1. The Hall–Kier alpha value is -2.15. The van der Waals surface area contributed by atoms with Crippen molar-refractivity contribution in [1.29, 1.82) is 0 Å². The number of nitrogens with one attached hydrogen (secondary N) is 1. The third-order valence-corrected chi connectivity index (χ3v) is 4.04. The lowest BCUT2D eigenvalue weighted by atomic mass is 10.0. The Labute approximate surface area is 132 Å². The molecule has 0 saturated carbocycles. The summed E-state index contributed by atoms with van der Waals surface area (Å²) in [5, 5.41) is 14.0. The highest BCUT2D eigenvalue weighted by Crippen LogP contribution is 2.25. The Morgan fingerprint density at radius 2 is 2.23 bits per heavy atom. The second kappa shape index (κ2) is 7.22. The van der Waals surface area contributed by atoms with Crippen LogP contribution < -0.4 is 5.32 Å². The SMILES string of the molecule is CCCC(CNC(=O)c1csc(-c2ccc(C)o2)n1)C(=O)O. The molecule has 2 rings (SSSR count). The maximum absolute atomic E-state index is 12.0. The van der Waals surface area contributed by atoms with E-state index in [2.05, 4.69) is 10.3 Å². The van der Waals surface area contributed by atoms with E-state index in [0.29, 0.717) is 17.2 Å². The Kier molecular flexibility index (Phi) is 5.32. The van der Waals surface area contributed by atoms with Gasteiger partial charge in [-0.25, -0.2) is 4.98 Å². The van der Waals surface area contributed by atoms with Gasteiger partial charge in [0, 0.05) is 11.9 Å². The molecule has 0 aliphatic heterocycles. The number of amides is 1. The lowest BCUT2D eigenvalue weighted by Crippen LogP contribution is -2.33. The van der Waals surface area contributed by atoms with Crippen molar-refractivity contribution < 1.29 is 19.1 Å². The van der Waals surface area contributed by atoms with Crippen molar-refractivity contribution in [3.63, 3.8) is 0 Å². The minimum atomic E-state index is -0.896. The maximum Gasteiger partial charge on any atom is 0.308 e. The van der Waals surface area contributed by atoms with Crippen LogP contribution >= 0.6 is 11.3 Å². The summed E-state index contributed by atoms with van der Waals surface area (Å²) in [7, 11) is 0. The molecular weight excluding hydrogens is 304 g/mol. The second-order valence-electron chi connectivity index (χ2n) is 4.98. The predicted octanol–water partition coefficient (Wildman–Crippen LogP) is 2.94. The quantitative estimate of drug-likeness (QED) is 0.817. The minimum absolute atomic E-state index is 0.106. The van der Waals surface area contributed by atoms with E-state index in [1.54, 1.807) is 11.4 Å². The van der Waals surface area contributed by atoms with E-state index in [4.69, 9.17) is 9.52 Å². The van der Waals surface area contributed by atoms with E-state index < -0.39 is 11.9 Å². The van der Waals surface area contributed by atoms with Crippen molar-refractivity contribution in [3.05, 3.63) is 29.0 Å². The van der Waals surface area contributed by atoms with Gasteiger partial charge in [-0.1, -0.05) is 13.3 Å². The molecule has 2 heterocycles. The van der Waals surface area contributed by atoms with E-state index in [1.807, 2.05) is 19.9 Å². The fraction of sp³-hybridized carbons (Fsp3) is 0.400. The Morgan fingerprint density at radius 3 is 2.82 bits per heavy atom. The fourth-order valence-electron chi connectivity index (χ4n) is 2.01. The van der Waals surface area contributed by atoms with Gasteiger partial charge in [-0.15, -0.1) is 11.3 Å². The van der Waals surface area contributed by atoms with Gasteiger partial charge in [-0.2, -0.15) is 0 Å². The number of carbonyl (C=O) groups excluding carboxylic acids is 1. The van der Waals surface area contributed by atoms with Crippen molar-refractivity contribution in [2.24, 2.45) is 5.92 Å². The summed E-state index contributed by atoms with van der Waals surface area (Å²) in [6, 6.07) is 3.64. The van der Waals surface area contributed by atoms with Crippen LogP contribution in [0.5, 0.6) is 0 Å². The summed E-state index contributed by atoms with van der Waals surface area (Å²) in [4.78, 5) is 27.3. The summed E-state index contributed by atoms with van der Waals surface area (Å²) in [5.74, 6) is -0.434. The first kappa shape index (κ1) is 16.2. The van der Waals surface area contributed by atoms with Crippen LogP contribution in [-0.2, 0) is 4.79 Å². The van der Waals surface area contributed by atoms with Gasteiger partial charge in [0.15, 0.2) is 10.8 Å². The van der Waals surface area contributed by atoms with Crippen molar-refractivity contribution in [3.8, 4) is 10.8 Å². The number of carbonyl (C=O) groups is 2. The monoisotopic (exact) mass is 322 g/mol. The molecule has 2 aromatic heterocycles. The first-order valence-electron chi connectivity index (χ1n) is 7.04. The van der Waals surface area contributed by atoms with E-state index in [0.717, 1.165) is 12.2 Å². The molecule has 1 amide bonds. The van der Waals surface area contributed by atoms with Gasteiger partial charge in [0.2, 0.25) is 0 Å². The van der Waals surface area contributed by atoms with Gasteiger partial charge in [0.05, 0.1) is 5.92 Å². The van der Waals surface area contributed by atoms with Crippen molar-refractivity contribution in [2.45, 2.75) is 26.7 Å². The second-order valence-corrected chi connectivity index (χ2v) is 5.84. The first-order valence-corrected chi connectivity index (χ1v) is 7.92. The van der Waals surface area contributed by atoms with Crippen molar-refractivity contribution in [1.82, 2.24) is 10.3 Å². The molecule has 22 heavy (non-hydrogen) atoms. The molecule has 2 aromatic rings. The number of aliphatic carboxylic acids is 1. The number of thiazole rings is 1. The summed E-state index contributed by atoms with van der Waals surface area (Å²) in [6.07, 6.45) is 1.29. The van der Waals surface area contributed by atoms with Crippen LogP contribution in [-0.4, -0.2) is 28.5 Å². The number of carboxylic acid groups (broad SMARTS) is 1. The highest BCUT2D eigenvalue weighted by molar-refractivity contribution is 7.13. The number of nitrogens with zero attached hydrogens (tertiary/aromatic N) is 1. The summed E-state index contributed by atoms with van der Waals surface area (Å²) < 4.78 is 5.46. The Bertz CT molecular complexity index is 662. The summed E-state index contributed by atoms with van der Waals surface area (Å²) in [6.45, 7) is 3.86. The van der Waals surface area contributed by atoms with Crippen LogP contribution in [0.25, 0.3) is 10.8 Å². The van der Waals surface area contributed by atoms with E-state index >= 15 is 0 Å². The normalized spacial score (nSPS) is 12.1. The number of hydrogen-bond acceptors (Lipinski definition) is 5. The highest BCUT2D eigenvalue weighted by atomic mass is 32.1. The molecule has 118 valence electrons. The van der Waals surface area contributed by atoms with Gasteiger partial charge in [-0.3, -0.25) is 9.59 Å². The van der Waals surface area contributed by atoms with Crippen LogP contribution in [0, 0.1) is 12.8 Å². The summed E-state index contributed by atoms with van der Waals surface area (Å²) >= 11 is 1.31. The van der Waals surface area contributed by atoms with Crippen LogP contribution in [0.4, 0.5) is 0 Å². The lowest BCUT2D eigenvalue weighted by Gasteiger charge is -2.11. The molecule has 1 atom stereocenters. The van der Waals surface area contributed by atoms with Crippen LogP contribution in [0.3, 0.4) is 0 Å². The van der Waals surface area contributed by atoms with E-state index in [-0.39, 0.29) is 18.1 Å². The molecule has 2 N–H and O–H groups in total. The molecular formula is C15H18N2O4S. The minimum Gasteiger partial charge on any atom is -0.481 e. The number of rotatable bonds is 7. The number of carboxylic acids is 1. The average Bonchev–Trinajstić information content (AvgIpc) is 3.11. The Morgan fingerprint density at radius 1 is 1.45 bits per heavy atom. The zero-order valence-electron chi connectivity index (χ0n) is 12.5. The molecule has 0 aliphatic rings. The first-order chi connectivity index (χ1) is 10.5. The molecule has 7 heteroatoms. The third kappa shape index (κ3) is 3.94. The molecule has 1 unspecified atom stereocenters. The van der Waals surface area contributed by atoms with E-state index in [1.165, 1.54) is 11.3 Å². The molecule has 0 aliphatic carbocycles. The molecule has 6 nitrogen and oxygen atoms in total. The molecule has 0 aromatic carbocycles. The van der Waals surface area contributed by atoms with Gasteiger partial charge < -0.3 is 14.8 Å². The largest absolute Gasteiger partial charge is 0.481 e. The maximum atomic E-state index is 12.0. The zero-order valence-corrected chi connectivity index (χ0v) is 13.3. The smallest absolute Gasteiger partial charge is 0.308 e. The topological polar surface area (TPSA) is 92.4 Å². The van der Waals surface area contributed by atoms with Crippen LogP contribution in [0.2, 0.25) is 0 Å².